The predicted octanol–water partition coefficient (Wildman–Crippen LogP) is -1.24. The average Bonchev–Trinajstić information content (AvgIpc) is 2.72. The standard InChI is InChI=1S/C18H19Si.2ClH.Hf/c1-13-12-15-10-7-11-16(14-8-5-4-6-9-14)17(15)18(13)19(2)3;;;/h4-12,19H,1-3H3;2*1H;/q;;;+2/p-2. The zero-order valence-corrected chi connectivity index (χ0v) is 19.3. The largest absolute Gasteiger partial charge is 1.00 e. The van der Waals surface area contributed by atoms with E-state index in [1.54, 1.807) is 21.9 Å². The number of fused-ring (bicyclic) bond motifs is 1. The molecule has 0 spiro atoms. The molecule has 0 nitrogen and oxygen atoms in total. The van der Waals surface area contributed by atoms with Gasteiger partial charge in [0.05, 0.1) is 0 Å². The second-order valence-electron chi connectivity index (χ2n) is 5.82. The summed E-state index contributed by atoms with van der Waals surface area (Å²) in [5.74, 6) is 0. The Kier molecular flexibility index (Phi) is 7.32. The molecule has 3 rings (SSSR count). The van der Waals surface area contributed by atoms with Gasteiger partial charge in [-0.25, -0.2) is 0 Å². The molecule has 1 atom stereocenters. The fourth-order valence-corrected chi connectivity index (χ4v) is 7.30. The van der Waals surface area contributed by atoms with Crippen molar-refractivity contribution in [3.63, 3.8) is 0 Å². The number of hydrogen-bond acceptors (Lipinski definition) is 0. The number of rotatable bonds is 2. The number of allylic oxidation sites excluding steroid dienone is 1. The Bertz CT molecular complexity index is 681. The molecule has 0 radical (unpaired) electrons. The number of hydrogen-bond donors (Lipinski definition) is 0. The van der Waals surface area contributed by atoms with Gasteiger partial charge >= 0.3 is 138 Å². The van der Waals surface area contributed by atoms with E-state index in [0.717, 1.165) is 3.67 Å². The van der Waals surface area contributed by atoms with Gasteiger partial charge in [0.25, 0.3) is 0 Å². The van der Waals surface area contributed by atoms with Gasteiger partial charge in [-0.05, 0) is 0 Å². The van der Waals surface area contributed by atoms with Gasteiger partial charge in [0.1, 0.15) is 0 Å². The molecule has 1 aliphatic rings. The van der Waals surface area contributed by atoms with Gasteiger partial charge < -0.3 is 24.8 Å². The van der Waals surface area contributed by atoms with Crippen LogP contribution in [0.3, 0.4) is 0 Å². The fourth-order valence-electron chi connectivity index (χ4n) is 3.30. The third kappa shape index (κ3) is 3.35. The predicted molar refractivity (Wildman–Crippen MR) is 86.1 cm³/mol. The molecule has 1 aliphatic carbocycles. The summed E-state index contributed by atoms with van der Waals surface area (Å²) in [5.41, 5.74) is 7.64. The van der Waals surface area contributed by atoms with Crippen LogP contribution in [-0.4, -0.2) is 8.80 Å². The molecule has 22 heavy (non-hydrogen) atoms. The second kappa shape index (κ2) is 8.10. The van der Waals surface area contributed by atoms with Crippen LogP contribution in [0.5, 0.6) is 0 Å². The van der Waals surface area contributed by atoms with Crippen molar-refractivity contribution in [1.82, 2.24) is 0 Å². The maximum atomic E-state index is 2.46. The number of benzene rings is 2. The Morgan fingerprint density at radius 1 is 0.909 bits per heavy atom. The Labute approximate surface area is 162 Å². The van der Waals surface area contributed by atoms with Gasteiger partial charge in [-0.15, -0.1) is 0 Å². The van der Waals surface area contributed by atoms with Crippen molar-refractivity contribution >= 4 is 14.0 Å². The van der Waals surface area contributed by atoms with E-state index >= 15 is 0 Å². The Balaban J connectivity index is 0.00000121. The zero-order valence-electron chi connectivity index (χ0n) is 13.0. The van der Waals surface area contributed by atoms with Crippen LogP contribution in [0, 0.1) is 0 Å². The second-order valence-corrected chi connectivity index (χ2v) is 10.8. The molecule has 113 valence electrons. The van der Waals surface area contributed by atoms with Crippen LogP contribution in [0.4, 0.5) is 0 Å². The molecule has 0 amide bonds. The summed E-state index contributed by atoms with van der Waals surface area (Å²) in [6.45, 7) is 7.29. The molecule has 2 aromatic rings. The summed E-state index contributed by atoms with van der Waals surface area (Å²) in [6.07, 6.45) is 0. The average molecular weight is 513 g/mol. The van der Waals surface area contributed by atoms with Crippen molar-refractivity contribution in [2.24, 2.45) is 0 Å². The first kappa shape index (κ1) is 19.9. The van der Waals surface area contributed by atoms with Gasteiger partial charge in [-0.3, -0.25) is 0 Å². The molecule has 0 heterocycles. The zero-order chi connectivity index (χ0) is 14.3. The molecule has 0 saturated heterocycles. The summed E-state index contributed by atoms with van der Waals surface area (Å²) in [6, 6.07) is 17.8. The molecular formula is C18H19Cl2HfSi. The normalized spacial score (nSPS) is 16.2. The minimum atomic E-state index is -0.806. The molecule has 0 aromatic heterocycles. The first-order chi connectivity index (χ1) is 9.61. The molecule has 1 unspecified atom stereocenters. The fraction of sp³-hybridized carbons (Fsp3) is 0.222. The summed E-state index contributed by atoms with van der Waals surface area (Å²) < 4.78 is 0.721. The molecule has 0 N–H and O–H groups in total. The number of halogens is 2. The Morgan fingerprint density at radius 2 is 1.55 bits per heavy atom. The van der Waals surface area contributed by atoms with Crippen LogP contribution in [0.15, 0.2) is 54.1 Å². The van der Waals surface area contributed by atoms with Gasteiger partial charge in [-0.1, -0.05) is 0 Å². The van der Waals surface area contributed by atoms with Crippen LogP contribution in [0.2, 0.25) is 13.1 Å². The molecular weight excluding hydrogens is 494 g/mol. The topological polar surface area (TPSA) is 0 Å². The van der Waals surface area contributed by atoms with E-state index in [1.807, 2.05) is 0 Å². The molecule has 2 aromatic carbocycles. The summed E-state index contributed by atoms with van der Waals surface area (Å²) in [5, 5.41) is 1.72. The SMILES string of the molecule is CC1=C([SiH](C)C)c2c(-c3ccccc3)cccc2[CH]1[Hf+2].[Cl-].[Cl-]. The minimum absolute atomic E-state index is 0. The van der Waals surface area contributed by atoms with Crippen molar-refractivity contribution in [3.8, 4) is 11.1 Å². The Hall–Kier alpha value is -0.153. The molecule has 0 bridgehead atoms. The van der Waals surface area contributed by atoms with Gasteiger partial charge in [0, 0.05) is 0 Å². The van der Waals surface area contributed by atoms with Gasteiger partial charge in [0.15, 0.2) is 0 Å². The summed E-state index contributed by atoms with van der Waals surface area (Å²) >= 11 is 1.22. The van der Waals surface area contributed by atoms with Gasteiger partial charge in [-0.2, -0.15) is 0 Å². The van der Waals surface area contributed by atoms with E-state index < -0.39 is 8.80 Å². The van der Waals surface area contributed by atoms with E-state index in [0.29, 0.717) is 0 Å². The summed E-state index contributed by atoms with van der Waals surface area (Å²) in [4.78, 5) is 0. The van der Waals surface area contributed by atoms with E-state index in [9.17, 15) is 0 Å². The van der Waals surface area contributed by atoms with E-state index in [1.165, 1.54) is 35.5 Å². The maximum Gasteiger partial charge on any atom is -1.00 e. The van der Waals surface area contributed by atoms with Crippen LogP contribution in [0.25, 0.3) is 16.3 Å². The van der Waals surface area contributed by atoms with E-state index in [2.05, 4.69) is 68.5 Å². The minimum Gasteiger partial charge on any atom is -1.00 e. The van der Waals surface area contributed by atoms with E-state index in [-0.39, 0.29) is 24.8 Å². The maximum absolute atomic E-state index is 2.46. The van der Waals surface area contributed by atoms with Gasteiger partial charge in [0.2, 0.25) is 0 Å². The first-order valence-corrected chi connectivity index (χ1v) is 12.2. The van der Waals surface area contributed by atoms with Crippen LogP contribution in [0.1, 0.15) is 21.7 Å². The van der Waals surface area contributed by atoms with Crippen molar-refractivity contribution < 1.29 is 49.2 Å². The molecule has 0 aliphatic heterocycles. The smallest absolute Gasteiger partial charge is 1.00 e. The van der Waals surface area contributed by atoms with Crippen molar-refractivity contribution in [1.29, 1.82) is 0 Å². The first-order valence-electron chi connectivity index (χ1n) is 7.21. The van der Waals surface area contributed by atoms with Crippen molar-refractivity contribution in [2.45, 2.75) is 23.7 Å². The van der Waals surface area contributed by atoms with Crippen LogP contribution >= 0.6 is 0 Å². The van der Waals surface area contributed by atoms with E-state index in [4.69, 9.17) is 0 Å². The van der Waals surface area contributed by atoms with Crippen molar-refractivity contribution in [3.05, 3.63) is 65.2 Å². The summed E-state index contributed by atoms with van der Waals surface area (Å²) in [7, 11) is -0.806. The molecule has 4 heteroatoms. The van der Waals surface area contributed by atoms with Crippen LogP contribution < -0.4 is 24.8 Å². The van der Waals surface area contributed by atoms with Crippen LogP contribution in [-0.2, 0) is 24.4 Å². The molecule has 0 fully saturated rings. The Morgan fingerprint density at radius 3 is 2.14 bits per heavy atom. The third-order valence-corrected chi connectivity index (χ3v) is 8.77. The third-order valence-electron chi connectivity index (χ3n) is 4.20. The molecule has 0 saturated carbocycles. The quantitative estimate of drug-likeness (QED) is 0.442. The monoisotopic (exact) mass is 513 g/mol. The van der Waals surface area contributed by atoms with Crippen molar-refractivity contribution in [2.75, 3.05) is 0 Å².